The number of quaternary nitrogens is 1. The molecular formula is C16H21N2O+. The Morgan fingerprint density at radius 2 is 1.79 bits per heavy atom. The van der Waals surface area contributed by atoms with Gasteiger partial charge < -0.3 is 0 Å². The van der Waals surface area contributed by atoms with Gasteiger partial charge in [-0.25, -0.2) is 14.3 Å². The van der Waals surface area contributed by atoms with Gasteiger partial charge in [-0.1, -0.05) is 18.2 Å². The Hall–Kier alpha value is -1.48. The third-order valence-electron chi connectivity index (χ3n) is 4.34. The normalized spacial score (nSPS) is 27.1. The van der Waals surface area contributed by atoms with Gasteiger partial charge in [-0.15, -0.1) is 0 Å². The molecule has 3 heteroatoms. The molecule has 3 nitrogen and oxygen atoms in total. The SMILES string of the molecule is O=C(c1ccccc1)[N+]12CCCCCC1=NCCC2. The number of aliphatic imine (C=N–C) groups is 1. The minimum atomic E-state index is 0.251. The van der Waals surface area contributed by atoms with Crippen LogP contribution in [0, 0.1) is 0 Å². The number of fused-ring (bicyclic) bond motifs is 1. The summed E-state index contributed by atoms with van der Waals surface area (Å²) >= 11 is 0. The van der Waals surface area contributed by atoms with Crippen molar-refractivity contribution in [3.63, 3.8) is 0 Å². The van der Waals surface area contributed by atoms with E-state index in [-0.39, 0.29) is 5.91 Å². The van der Waals surface area contributed by atoms with Crippen LogP contribution in [0.2, 0.25) is 0 Å². The highest BCUT2D eigenvalue weighted by Crippen LogP contribution is 2.27. The molecule has 1 unspecified atom stereocenters. The van der Waals surface area contributed by atoms with Gasteiger partial charge in [-0.05, 0) is 31.4 Å². The van der Waals surface area contributed by atoms with Gasteiger partial charge in [-0.2, -0.15) is 0 Å². The van der Waals surface area contributed by atoms with Gasteiger partial charge in [0.25, 0.3) is 0 Å². The lowest BCUT2D eigenvalue weighted by atomic mass is 10.1. The molecule has 0 bridgehead atoms. The molecule has 0 spiro atoms. The molecule has 2 heterocycles. The van der Waals surface area contributed by atoms with Crippen LogP contribution in [0.1, 0.15) is 42.5 Å². The topological polar surface area (TPSA) is 29.4 Å². The highest BCUT2D eigenvalue weighted by molar-refractivity contribution is 5.97. The largest absolute Gasteiger partial charge is 0.351 e. The van der Waals surface area contributed by atoms with E-state index in [4.69, 9.17) is 4.99 Å². The molecule has 1 saturated heterocycles. The first-order chi connectivity index (χ1) is 9.33. The number of rotatable bonds is 1. The van der Waals surface area contributed by atoms with Crippen LogP contribution in [0.15, 0.2) is 35.3 Å². The lowest BCUT2D eigenvalue weighted by Gasteiger charge is -2.37. The fraction of sp³-hybridized carbons (Fsp3) is 0.500. The van der Waals surface area contributed by atoms with Crippen LogP contribution in [0.4, 0.5) is 0 Å². The molecule has 2 aliphatic heterocycles. The minimum absolute atomic E-state index is 0.251. The second-order valence-corrected chi connectivity index (χ2v) is 5.55. The van der Waals surface area contributed by atoms with Crippen LogP contribution in [0.3, 0.4) is 0 Å². The monoisotopic (exact) mass is 257 g/mol. The fourth-order valence-corrected chi connectivity index (χ4v) is 3.34. The van der Waals surface area contributed by atoms with Crippen molar-refractivity contribution in [1.82, 2.24) is 0 Å². The molecule has 3 rings (SSSR count). The molecular weight excluding hydrogens is 236 g/mol. The zero-order valence-electron chi connectivity index (χ0n) is 11.3. The van der Waals surface area contributed by atoms with E-state index in [9.17, 15) is 4.79 Å². The Bertz CT molecular complexity index is 495. The summed E-state index contributed by atoms with van der Waals surface area (Å²) in [7, 11) is 0. The van der Waals surface area contributed by atoms with Crippen LogP contribution < -0.4 is 0 Å². The van der Waals surface area contributed by atoms with E-state index in [2.05, 4.69) is 0 Å². The molecule has 1 amide bonds. The van der Waals surface area contributed by atoms with Crippen LogP contribution in [0.25, 0.3) is 0 Å². The first kappa shape index (κ1) is 12.5. The molecule has 1 atom stereocenters. The van der Waals surface area contributed by atoms with E-state index in [0.717, 1.165) is 50.3 Å². The predicted octanol–water partition coefficient (Wildman–Crippen LogP) is 3.02. The lowest BCUT2D eigenvalue weighted by molar-refractivity contribution is -0.760. The molecule has 0 N–H and O–H groups in total. The quantitative estimate of drug-likeness (QED) is 0.711. The summed E-state index contributed by atoms with van der Waals surface area (Å²) in [4.78, 5) is 17.7. The van der Waals surface area contributed by atoms with Crippen molar-refractivity contribution in [2.75, 3.05) is 19.6 Å². The number of carbonyl (C=O) groups is 1. The van der Waals surface area contributed by atoms with Crippen molar-refractivity contribution in [2.24, 2.45) is 4.99 Å². The second kappa shape index (κ2) is 5.25. The number of nitrogens with zero attached hydrogens (tertiary/aromatic N) is 2. The number of carbonyl (C=O) groups excluding carboxylic acids is 1. The average molecular weight is 257 g/mol. The van der Waals surface area contributed by atoms with Crippen LogP contribution >= 0.6 is 0 Å². The third-order valence-corrected chi connectivity index (χ3v) is 4.34. The number of amidine groups is 1. The molecule has 1 aromatic rings. The molecule has 1 aromatic carbocycles. The highest BCUT2D eigenvalue weighted by Gasteiger charge is 2.44. The zero-order valence-corrected chi connectivity index (χ0v) is 11.3. The molecule has 2 aliphatic rings. The van der Waals surface area contributed by atoms with Gasteiger partial charge in [0.15, 0.2) is 0 Å². The van der Waals surface area contributed by atoms with Gasteiger partial charge in [0, 0.05) is 12.8 Å². The van der Waals surface area contributed by atoms with Crippen molar-refractivity contribution >= 4 is 11.7 Å². The van der Waals surface area contributed by atoms with Crippen LogP contribution in [-0.4, -0.2) is 35.9 Å². The lowest BCUT2D eigenvalue weighted by Crippen LogP contribution is -2.59. The predicted molar refractivity (Wildman–Crippen MR) is 76.2 cm³/mol. The summed E-state index contributed by atoms with van der Waals surface area (Å²) in [5, 5.41) is 0. The van der Waals surface area contributed by atoms with Gasteiger partial charge in [0.2, 0.25) is 5.84 Å². The van der Waals surface area contributed by atoms with E-state index in [1.807, 2.05) is 30.3 Å². The van der Waals surface area contributed by atoms with E-state index in [1.54, 1.807) is 0 Å². The maximum Gasteiger partial charge on any atom is 0.351 e. The Kier molecular flexibility index (Phi) is 3.47. The molecule has 0 aromatic heterocycles. The first-order valence-corrected chi connectivity index (χ1v) is 7.34. The molecule has 1 fully saturated rings. The van der Waals surface area contributed by atoms with Crippen molar-refractivity contribution in [3.05, 3.63) is 35.9 Å². The van der Waals surface area contributed by atoms with E-state index < -0.39 is 0 Å². The zero-order chi connectivity index (χ0) is 13.1. The Morgan fingerprint density at radius 3 is 2.63 bits per heavy atom. The summed E-state index contributed by atoms with van der Waals surface area (Å²) < 4.78 is 0.504. The van der Waals surface area contributed by atoms with E-state index >= 15 is 0 Å². The minimum Gasteiger partial charge on any atom is -0.238 e. The van der Waals surface area contributed by atoms with Crippen molar-refractivity contribution in [3.8, 4) is 0 Å². The maximum atomic E-state index is 13.0. The summed E-state index contributed by atoms with van der Waals surface area (Å²) in [6.07, 6.45) is 5.57. The van der Waals surface area contributed by atoms with Gasteiger partial charge in [0.1, 0.15) is 0 Å². The first-order valence-electron chi connectivity index (χ1n) is 7.34. The maximum absolute atomic E-state index is 13.0. The summed E-state index contributed by atoms with van der Waals surface area (Å²) in [5.41, 5.74) is 0.832. The molecule has 19 heavy (non-hydrogen) atoms. The molecule has 0 aliphatic carbocycles. The van der Waals surface area contributed by atoms with Crippen molar-refractivity contribution in [2.45, 2.75) is 32.1 Å². The second-order valence-electron chi connectivity index (χ2n) is 5.55. The molecule has 0 radical (unpaired) electrons. The third kappa shape index (κ3) is 2.23. The highest BCUT2D eigenvalue weighted by atomic mass is 16.2. The van der Waals surface area contributed by atoms with Crippen LogP contribution in [0.5, 0.6) is 0 Å². The van der Waals surface area contributed by atoms with Gasteiger partial charge in [-0.3, -0.25) is 0 Å². The van der Waals surface area contributed by atoms with Gasteiger partial charge >= 0.3 is 5.91 Å². The average Bonchev–Trinajstić information content (AvgIpc) is 2.70. The number of benzene rings is 1. The Labute approximate surface area is 114 Å². The van der Waals surface area contributed by atoms with Crippen molar-refractivity contribution in [1.29, 1.82) is 0 Å². The number of amides is 1. The fourth-order valence-electron chi connectivity index (χ4n) is 3.34. The molecule has 100 valence electrons. The Morgan fingerprint density at radius 1 is 1.00 bits per heavy atom. The summed E-state index contributed by atoms with van der Waals surface area (Å²) in [6, 6.07) is 9.73. The van der Waals surface area contributed by atoms with Gasteiger partial charge in [0.05, 0.1) is 25.2 Å². The number of hydrogen-bond donors (Lipinski definition) is 0. The number of hydrogen-bond acceptors (Lipinski definition) is 2. The van der Waals surface area contributed by atoms with Crippen molar-refractivity contribution < 1.29 is 9.28 Å². The van der Waals surface area contributed by atoms with E-state index in [1.165, 1.54) is 12.8 Å². The summed E-state index contributed by atoms with van der Waals surface area (Å²) in [6.45, 7) is 2.77. The summed E-state index contributed by atoms with van der Waals surface area (Å²) in [5.74, 6) is 1.39. The Balaban J connectivity index is 2.00. The van der Waals surface area contributed by atoms with E-state index in [0.29, 0.717) is 4.48 Å². The standard InChI is InChI=1S/C16H21N2O/c19-16(14-8-3-1-4-9-14)18-12-6-2-5-10-15(18)17-11-7-13-18/h1,3-4,8-9H,2,5-7,10-13H2/q+1. The molecule has 0 saturated carbocycles. The smallest absolute Gasteiger partial charge is 0.238 e. The van der Waals surface area contributed by atoms with Crippen LogP contribution in [-0.2, 0) is 0 Å².